The zero-order valence-corrected chi connectivity index (χ0v) is 16.4. The zero-order valence-electron chi connectivity index (χ0n) is 14.1. The highest BCUT2D eigenvalue weighted by molar-refractivity contribution is 7.92. The number of para-hydroxylation sites is 1. The number of sulfonamides is 1. The lowest BCUT2D eigenvalue weighted by atomic mass is 10.2. The van der Waals surface area contributed by atoms with Crippen molar-refractivity contribution in [3.05, 3.63) is 64.1 Å². The van der Waals surface area contributed by atoms with Crippen LogP contribution >= 0.6 is 23.2 Å². The lowest BCUT2D eigenvalue weighted by Crippen LogP contribution is -2.46. The lowest BCUT2D eigenvalue weighted by Gasteiger charge is -2.27. The van der Waals surface area contributed by atoms with E-state index in [1.807, 2.05) is 0 Å². The first-order chi connectivity index (χ1) is 12.2. The van der Waals surface area contributed by atoms with Crippen LogP contribution < -0.4 is 9.73 Å². The summed E-state index contributed by atoms with van der Waals surface area (Å²) in [7, 11) is -3.66. The minimum absolute atomic E-state index is 0.364. The number of carbonyl (C=O) groups excluding carboxylic acids is 1. The normalized spacial score (nSPS) is 12.8. The molecule has 138 valence electrons. The highest BCUT2D eigenvalue weighted by Crippen LogP contribution is 2.22. The monoisotopic (exact) mass is 413 g/mol. The minimum Gasteiger partial charge on any atom is -0.271 e. The molecule has 6 nitrogen and oxygen atoms in total. The van der Waals surface area contributed by atoms with Crippen LogP contribution in [0.2, 0.25) is 10.0 Å². The van der Waals surface area contributed by atoms with Gasteiger partial charge in [-0.1, -0.05) is 47.5 Å². The molecule has 1 N–H and O–H groups in total. The number of amides is 1. The van der Waals surface area contributed by atoms with Crippen LogP contribution in [0.1, 0.15) is 12.5 Å². The van der Waals surface area contributed by atoms with E-state index in [4.69, 9.17) is 23.2 Å². The molecule has 0 aliphatic heterocycles. The van der Waals surface area contributed by atoms with Gasteiger partial charge in [0.1, 0.15) is 6.04 Å². The number of hydrogen-bond acceptors (Lipinski definition) is 4. The Labute approximate surface area is 162 Å². The topological polar surface area (TPSA) is 78.8 Å². The van der Waals surface area contributed by atoms with Crippen molar-refractivity contribution < 1.29 is 13.2 Å². The number of nitrogens with one attached hydrogen (secondary N) is 1. The number of nitrogens with zero attached hydrogens (tertiary/aromatic N) is 2. The van der Waals surface area contributed by atoms with Crippen LogP contribution in [-0.4, -0.2) is 32.8 Å². The van der Waals surface area contributed by atoms with Crippen LogP contribution in [0.25, 0.3) is 0 Å². The molecule has 0 radical (unpaired) electrons. The second kappa shape index (κ2) is 8.53. The second-order valence-electron chi connectivity index (χ2n) is 5.48. The van der Waals surface area contributed by atoms with Gasteiger partial charge >= 0.3 is 0 Å². The van der Waals surface area contributed by atoms with E-state index in [-0.39, 0.29) is 0 Å². The Bertz CT molecular complexity index is 918. The maximum absolute atomic E-state index is 12.3. The molecule has 0 spiro atoms. The molecule has 0 saturated carbocycles. The molecule has 0 saturated heterocycles. The van der Waals surface area contributed by atoms with E-state index in [2.05, 4.69) is 10.5 Å². The third-order valence-electron chi connectivity index (χ3n) is 3.43. The van der Waals surface area contributed by atoms with Gasteiger partial charge in [0.15, 0.2) is 0 Å². The summed E-state index contributed by atoms with van der Waals surface area (Å²) in [6.07, 6.45) is 2.43. The Balaban J connectivity index is 2.14. The van der Waals surface area contributed by atoms with Crippen LogP contribution in [0.3, 0.4) is 0 Å². The van der Waals surface area contributed by atoms with Crippen molar-refractivity contribution >= 4 is 51.0 Å². The molecule has 0 unspecified atom stereocenters. The fraction of sp³-hybridized carbons (Fsp3) is 0.176. The van der Waals surface area contributed by atoms with Crippen molar-refractivity contribution in [3.63, 3.8) is 0 Å². The largest absolute Gasteiger partial charge is 0.271 e. The molecule has 0 heterocycles. The van der Waals surface area contributed by atoms with E-state index in [0.29, 0.717) is 21.3 Å². The van der Waals surface area contributed by atoms with E-state index in [1.165, 1.54) is 13.1 Å². The highest BCUT2D eigenvalue weighted by Gasteiger charge is 2.28. The molecular weight excluding hydrogens is 397 g/mol. The van der Waals surface area contributed by atoms with Gasteiger partial charge in [-0.3, -0.25) is 9.10 Å². The van der Waals surface area contributed by atoms with E-state index >= 15 is 0 Å². The number of rotatable bonds is 6. The summed E-state index contributed by atoms with van der Waals surface area (Å²) in [5, 5.41) is 4.62. The van der Waals surface area contributed by atoms with Gasteiger partial charge in [-0.15, -0.1) is 0 Å². The second-order valence-corrected chi connectivity index (χ2v) is 8.15. The summed E-state index contributed by atoms with van der Waals surface area (Å²) < 4.78 is 25.3. The minimum atomic E-state index is -3.66. The van der Waals surface area contributed by atoms with Gasteiger partial charge < -0.3 is 0 Å². The third kappa shape index (κ3) is 5.20. The maximum atomic E-state index is 12.3. The van der Waals surface area contributed by atoms with Crippen molar-refractivity contribution in [3.8, 4) is 0 Å². The summed E-state index contributed by atoms with van der Waals surface area (Å²) in [4.78, 5) is 12.3. The molecule has 0 aliphatic rings. The van der Waals surface area contributed by atoms with E-state index in [9.17, 15) is 13.2 Å². The first-order valence-electron chi connectivity index (χ1n) is 7.52. The van der Waals surface area contributed by atoms with Gasteiger partial charge in [-0.25, -0.2) is 13.8 Å². The van der Waals surface area contributed by atoms with E-state index in [1.54, 1.807) is 48.5 Å². The van der Waals surface area contributed by atoms with Gasteiger partial charge in [-0.05, 0) is 36.8 Å². The number of hydrazone groups is 1. The SMILES string of the molecule is C[C@H](C(=O)N/N=C\c1ccc(Cl)c(Cl)c1)N(c1ccccc1)S(C)(=O)=O. The van der Waals surface area contributed by atoms with Crippen molar-refractivity contribution in [2.75, 3.05) is 10.6 Å². The Morgan fingerprint density at radius 1 is 1.15 bits per heavy atom. The smallest absolute Gasteiger partial charge is 0.263 e. The first kappa shape index (κ1) is 20.2. The molecule has 0 aromatic heterocycles. The number of benzene rings is 2. The molecule has 26 heavy (non-hydrogen) atoms. The average Bonchev–Trinajstić information content (AvgIpc) is 2.57. The van der Waals surface area contributed by atoms with Crippen LogP contribution in [0.5, 0.6) is 0 Å². The Morgan fingerprint density at radius 3 is 2.38 bits per heavy atom. The lowest BCUT2D eigenvalue weighted by molar-refractivity contribution is -0.121. The molecule has 9 heteroatoms. The molecule has 2 rings (SSSR count). The van der Waals surface area contributed by atoms with Gasteiger partial charge in [0.05, 0.1) is 28.2 Å². The van der Waals surface area contributed by atoms with Crippen molar-refractivity contribution in [1.29, 1.82) is 0 Å². The molecule has 0 aliphatic carbocycles. The number of carbonyl (C=O) groups is 1. The Hall–Kier alpha value is -2.09. The molecule has 1 amide bonds. The standard InChI is InChI=1S/C17H17Cl2N3O3S/c1-12(22(26(2,24)25)14-6-4-3-5-7-14)17(23)21-20-11-13-8-9-15(18)16(19)10-13/h3-12H,1-2H3,(H,21,23)/b20-11-/t12-/m1/s1. The summed E-state index contributed by atoms with van der Waals surface area (Å²) >= 11 is 11.7. The highest BCUT2D eigenvalue weighted by atomic mass is 35.5. The predicted octanol–water partition coefficient (Wildman–Crippen LogP) is 3.30. The molecule has 0 fully saturated rings. The van der Waals surface area contributed by atoms with E-state index < -0.39 is 22.0 Å². The molecule has 2 aromatic rings. The summed E-state index contributed by atoms with van der Waals surface area (Å²) in [6.45, 7) is 1.48. The van der Waals surface area contributed by atoms with Gasteiger partial charge in [-0.2, -0.15) is 5.10 Å². The van der Waals surface area contributed by atoms with Crippen LogP contribution in [0.4, 0.5) is 5.69 Å². The molecule has 1 atom stereocenters. The Kier molecular flexibility index (Phi) is 6.63. The summed E-state index contributed by atoms with van der Waals surface area (Å²) in [6, 6.07) is 12.3. The van der Waals surface area contributed by atoms with Crippen molar-refractivity contribution in [2.24, 2.45) is 5.10 Å². The van der Waals surface area contributed by atoms with Crippen LogP contribution in [0.15, 0.2) is 53.6 Å². The van der Waals surface area contributed by atoms with Crippen molar-refractivity contribution in [2.45, 2.75) is 13.0 Å². The maximum Gasteiger partial charge on any atom is 0.263 e. The van der Waals surface area contributed by atoms with Gasteiger partial charge in [0.25, 0.3) is 5.91 Å². The van der Waals surface area contributed by atoms with Gasteiger partial charge in [0, 0.05) is 0 Å². The molecule has 2 aromatic carbocycles. The quantitative estimate of drug-likeness (QED) is 0.582. The third-order valence-corrected chi connectivity index (χ3v) is 5.41. The zero-order chi connectivity index (χ0) is 19.3. The van der Waals surface area contributed by atoms with E-state index in [0.717, 1.165) is 10.6 Å². The van der Waals surface area contributed by atoms with Gasteiger partial charge in [0.2, 0.25) is 10.0 Å². The Morgan fingerprint density at radius 2 is 1.81 bits per heavy atom. The first-order valence-corrected chi connectivity index (χ1v) is 10.1. The number of hydrogen-bond donors (Lipinski definition) is 1. The van der Waals surface area contributed by atoms with Crippen molar-refractivity contribution in [1.82, 2.24) is 5.43 Å². The fourth-order valence-corrected chi connectivity index (χ4v) is 3.72. The summed E-state index contributed by atoms with van der Waals surface area (Å²) in [5.41, 5.74) is 3.36. The summed E-state index contributed by atoms with van der Waals surface area (Å²) in [5.74, 6) is -0.574. The fourth-order valence-electron chi connectivity index (χ4n) is 2.24. The number of anilines is 1. The number of halogens is 2. The molecular formula is C17H17Cl2N3O3S. The average molecular weight is 414 g/mol. The molecule has 0 bridgehead atoms. The predicted molar refractivity (Wildman–Crippen MR) is 105 cm³/mol. The van der Waals surface area contributed by atoms with Crippen LogP contribution in [-0.2, 0) is 14.8 Å². The van der Waals surface area contributed by atoms with Crippen LogP contribution in [0, 0.1) is 0 Å².